The summed E-state index contributed by atoms with van der Waals surface area (Å²) in [6, 6.07) is 14.2. The molecule has 0 spiro atoms. The number of hydrogen-bond acceptors (Lipinski definition) is 2. The molecule has 22 heavy (non-hydrogen) atoms. The Bertz CT molecular complexity index is 664. The number of para-hydroxylation sites is 1. The van der Waals surface area contributed by atoms with Crippen LogP contribution in [-0.4, -0.2) is 22.2 Å². The molecule has 2 amide bonds. The molecule has 6 heteroatoms. The van der Waals surface area contributed by atoms with E-state index in [4.69, 9.17) is 0 Å². The third kappa shape index (κ3) is 4.66. The number of benzene rings is 2. The van der Waals surface area contributed by atoms with Crippen LogP contribution in [0.3, 0.4) is 0 Å². The van der Waals surface area contributed by atoms with Gasteiger partial charge in [-0.05, 0) is 17.7 Å². The summed E-state index contributed by atoms with van der Waals surface area (Å²) < 4.78 is 25.0. The molecule has 2 atom stereocenters. The van der Waals surface area contributed by atoms with Crippen molar-refractivity contribution in [2.45, 2.75) is 6.04 Å². The standard InChI is InChI=1S/C16H17FN2O2S/c1-22(21)11-15(12-7-3-2-4-8-12)19-16(20)18-14-10-6-5-9-13(14)17/h2-10,15H,11H2,1H3,(H2,18,19,20)/t15-,22-/m0/s1. The molecule has 116 valence electrons. The molecule has 2 N–H and O–H groups in total. The number of carbonyl (C=O) groups is 1. The Hall–Kier alpha value is -2.21. The minimum Gasteiger partial charge on any atom is -0.330 e. The maximum absolute atomic E-state index is 13.5. The minimum atomic E-state index is -1.08. The second-order valence-corrected chi connectivity index (χ2v) is 6.26. The molecule has 4 nitrogen and oxygen atoms in total. The average molecular weight is 320 g/mol. The monoisotopic (exact) mass is 320 g/mol. The van der Waals surface area contributed by atoms with Crippen LogP contribution in [0.25, 0.3) is 0 Å². The lowest BCUT2D eigenvalue weighted by atomic mass is 10.1. The summed E-state index contributed by atoms with van der Waals surface area (Å²) in [5.74, 6) is -0.220. The summed E-state index contributed by atoms with van der Waals surface area (Å²) in [4.78, 5) is 12.0. The molecule has 0 aliphatic heterocycles. The van der Waals surface area contributed by atoms with Crippen molar-refractivity contribution in [3.8, 4) is 0 Å². The van der Waals surface area contributed by atoms with Gasteiger partial charge in [-0.1, -0.05) is 42.5 Å². The summed E-state index contributed by atoms with van der Waals surface area (Å²) in [5.41, 5.74) is 0.950. The highest BCUT2D eigenvalue weighted by Crippen LogP contribution is 2.15. The Kier molecular flexibility index (Phi) is 5.66. The van der Waals surface area contributed by atoms with Gasteiger partial charge in [0.25, 0.3) is 0 Å². The number of anilines is 1. The molecule has 0 aliphatic carbocycles. The van der Waals surface area contributed by atoms with Gasteiger partial charge in [0, 0.05) is 22.8 Å². The molecule has 0 fully saturated rings. The van der Waals surface area contributed by atoms with E-state index in [-0.39, 0.29) is 11.4 Å². The zero-order valence-electron chi connectivity index (χ0n) is 12.1. The molecule has 0 bridgehead atoms. The summed E-state index contributed by atoms with van der Waals surface area (Å²) in [6.45, 7) is 0. The van der Waals surface area contributed by atoms with Gasteiger partial charge in [-0.2, -0.15) is 0 Å². The van der Waals surface area contributed by atoms with Gasteiger partial charge in [0.1, 0.15) is 5.82 Å². The number of hydrogen-bond donors (Lipinski definition) is 2. The number of nitrogens with one attached hydrogen (secondary N) is 2. The van der Waals surface area contributed by atoms with Crippen LogP contribution in [-0.2, 0) is 10.8 Å². The lowest BCUT2D eigenvalue weighted by Gasteiger charge is -2.18. The Morgan fingerprint density at radius 3 is 2.41 bits per heavy atom. The average Bonchev–Trinajstić information content (AvgIpc) is 2.49. The van der Waals surface area contributed by atoms with Crippen LogP contribution < -0.4 is 10.6 Å². The van der Waals surface area contributed by atoms with E-state index in [1.165, 1.54) is 12.1 Å². The maximum atomic E-state index is 13.5. The van der Waals surface area contributed by atoms with Gasteiger partial charge in [-0.3, -0.25) is 4.21 Å². The number of halogens is 1. The van der Waals surface area contributed by atoms with Gasteiger partial charge < -0.3 is 10.6 Å². The number of amides is 2. The molecule has 2 aromatic rings. The molecule has 0 aliphatic rings. The lowest BCUT2D eigenvalue weighted by molar-refractivity contribution is 0.249. The van der Waals surface area contributed by atoms with Crippen molar-refractivity contribution in [3.05, 3.63) is 66.0 Å². The first-order valence-electron chi connectivity index (χ1n) is 6.73. The van der Waals surface area contributed by atoms with Crippen LogP contribution >= 0.6 is 0 Å². The van der Waals surface area contributed by atoms with E-state index >= 15 is 0 Å². The van der Waals surface area contributed by atoms with Crippen LogP contribution in [0.2, 0.25) is 0 Å². The van der Waals surface area contributed by atoms with E-state index in [0.717, 1.165) is 5.56 Å². The van der Waals surface area contributed by atoms with Crippen molar-refractivity contribution in [1.82, 2.24) is 5.32 Å². The zero-order valence-corrected chi connectivity index (χ0v) is 12.9. The molecule has 2 aromatic carbocycles. The van der Waals surface area contributed by atoms with E-state index in [1.807, 2.05) is 30.3 Å². The quantitative estimate of drug-likeness (QED) is 0.889. The predicted octanol–water partition coefficient (Wildman–Crippen LogP) is 3.07. The molecule has 0 unspecified atom stereocenters. The van der Waals surface area contributed by atoms with Crippen LogP contribution in [0.1, 0.15) is 11.6 Å². The maximum Gasteiger partial charge on any atom is 0.319 e. The normalized spacial score (nSPS) is 13.2. The Labute approximate surface area is 131 Å². The minimum absolute atomic E-state index is 0.101. The van der Waals surface area contributed by atoms with Crippen LogP contribution in [0.15, 0.2) is 54.6 Å². The summed E-state index contributed by atoms with van der Waals surface area (Å²) >= 11 is 0. The van der Waals surface area contributed by atoms with Gasteiger partial charge >= 0.3 is 6.03 Å². The molecular weight excluding hydrogens is 303 g/mol. The smallest absolute Gasteiger partial charge is 0.319 e. The van der Waals surface area contributed by atoms with Gasteiger partial charge in [0.2, 0.25) is 0 Å². The first kappa shape index (κ1) is 16.2. The van der Waals surface area contributed by atoms with Crippen LogP contribution in [0, 0.1) is 5.82 Å². The largest absolute Gasteiger partial charge is 0.330 e. The van der Waals surface area contributed by atoms with Crippen molar-refractivity contribution in [1.29, 1.82) is 0 Å². The summed E-state index contributed by atoms with van der Waals surface area (Å²) in [5, 5.41) is 5.19. The van der Waals surface area contributed by atoms with Gasteiger partial charge in [-0.25, -0.2) is 9.18 Å². The second-order valence-electron chi connectivity index (χ2n) is 4.78. The number of carbonyl (C=O) groups excluding carboxylic acids is 1. The van der Waals surface area contributed by atoms with Crippen LogP contribution in [0.4, 0.5) is 14.9 Å². The van der Waals surface area contributed by atoms with Crippen molar-refractivity contribution in [2.24, 2.45) is 0 Å². The van der Waals surface area contributed by atoms with Crippen LogP contribution in [0.5, 0.6) is 0 Å². The van der Waals surface area contributed by atoms with E-state index in [9.17, 15) is 13.4 Å². The Morgan fingerprint density at radius 2 is 1.77 bits per heavy atom. The van der Waals surface area contributed by atoms with E-state index < -0.39 is 28.7 Å². The Balaban J connectivity index is 2.08. The van der Waals surface area contributed by atoms with Crippen molar-refractivity contribution >= 4 is 22.5 Å². The van der Waals surface area contributed by atoms with Gasteiger partial charge in [-0.15, -0.1) is 0 Å². The number of rotatable bonds is 5. The second kappa shape index (κ2) is 7.70. The fourth-order valence-corrected chi connectivity index (χ4v) is 2.77. The molecule has 0 aromatic heterocycles. The zero-order chi connectivity index (χ0) is 15.9. The fraction of sp³-hybridized carbons (Fsp3) is 0.188. The summed E-state index contributed by atoms with van der Waals surface area (Å²) in [7, 11) is -1.08. The molecule has 0 heterocycles. The van der Waals surface area contributed by atoms with Gasteiger partial charge in [0.15, 0.2) is 0 Å². The molecule has 0 saturated carbocycles. The third-order valence-corrected chi connectivity index (χ3v) is 3.83. The lowest BCUT2D eigenvalue weighted by Crippen LogP contribution is -2.35. The van der Waals surface area contributed by atoms with Gasteiger partial charge in [0.05, 0.1) is 11.7 Å². The molecular formula is C16H17FN2O2S. The highest BCUT2D eigenvalue weighted by atomic mass is 32.2. The topological polar surface area (TPSA) is 58.2 Å². The van der Waals surface area contributed by atoms with Crippen molar-refractivity contribution < 1.29 is 13.4 Å². The third-order valence-electron chi connectivity index (χ3n) is 3.03. The molecule has 2 rings (SSSR count). The van der Waals surface area contributed by atoms with E-state index in [0.29, 0.717) is 0 Å². The highest BCUT2D eigenvalue weighted by molar-refractivity contribution is 7.84. The first-order valence-corrected chi connectivity index (χ1v) is 8.46. The van der Waals surface area contributed by atoms with E-state index in [1.54, 1.807) is 18.4 Å². The predicted molar refractivity (Wildman–Crippen MR) is 86.7 cm³/mol. The number of urea groups is 1. The highest BCUT2D eigenvalue weighted by Gasteiger charge is 2.16. The van der Waals surface area contributed by atoms with E-state index in [2.05, 4.69) is 10.6 Å². The fourth-order valence-electron chi connectivity index (χ4n) is 2.02. The molecule has 0 saturated heterocycles. The van der Waals surface area contributed by atoms with Crippen molar-refractivity contribution in [3.63, 3.8) is 0 Å². The SMILES string of the molecule is C[S@](=O)C[C@H](NC(=O)Nc1ccccc1F)c1ccccc1. The molecule has 0 radical (unpaired) electrons. The first-order chi connectivity index (χ1) is 10.6. The van der Waals surface area contributed by atoms with Crippen molar-refractivity contribution in [2.75, 3.05) is 17.3 Å². The Morgan fingerprint density at radius 1 is 1.14 bits per heavy atom. The summed E-state index contributed by atoms with van der Waals surface area (Å²) in [6.07, 6.45) is 1.58.